The molecule has 0 aliphatic rings. The van der Waals surface area contributed by atoms with E-state index >= 15 is 0 Å². The number of fused-ring (bicyclic) bond motifs is 1. The lowest BCUT2D eigenvalue weighted by molar-refractivity contribution is 0.415. The molecule has 6 heteroatoms. The van der Waals surface area contributed by atoms with Crippen molar-refractivity contribution in [2.75, 3.05) is 12.4 Å². The van der Waals surface area contributed by atoms with Crippen LogP contribution in [0.5, 0.6) is 5.75 Å². The maximum Gasteiger partial charge on any atom is 0.150 e. The summed E-state index contributed by atoms with van der Waals surface area (Å²) in [5.74, 6) is 1.49. The molecule has 0 fully saturated rings. The molecular weight excluding hydrogens is 408 g/mol. The predicted molar refractivity (Wildman–Crippen MR) is 126 cm³/mol. The summed E-state index contributed by atoms with van der Waals surface area (Å²) >= 11 is 6.27. The Bertz CT molecular complexity index is 1360. The van der Waals surface area contributed by atoms with Gasteiger partial charge in [0.1, 0.15) is 17.9 Å². The summed E-state index contributed by atoms with van der Waals surface area (Å²) in [7, 11) is 1.65. The molecule has 152 valence electrons. The molecule has 0 spiro atoms. The molecule has 5 rings (SSSR count). The van der Waals surface area contributed by atoms with Crippen molar-refractivity contribution < 1.29 is 4.74 Å². The Labute approximate surface area is 184 Å². The normalized spacial score (nSPS) is 10.9. The second-order valence-electron chi connectivity index (χ2n) is 7.04. The van der Waals surface area contributed by atoms with Crippen molar-refractivity contribution in [1.29, 1.82) is 0 Å². The molecule has 0 saturated carbocycles. The number of nitrogens with zero attached hydrogens (tertiary/aromatic N) is 3. The first-order valence-corrected chi connectivity index (χ1v) is 10.2. The highest BCUT2D eigenvalue weighted by Gasteiger charge is 2.17. The van der Waals surface area contributed by atoms with Crippen LogP contribution in [-0.2, 0) is 0 Å². The molecule has 2 heterocycles. The molecule has 0 bridgehead atoms. The van der Waals surface area contributed by atoms with Crippen LogP contribution in [0.1, 0.15) is 0 Å². The lowest BCUT2D eigenvalue weighted by atomic mass is 10.1. The zero-order valence-corrected chi connectivity index (χ0v) is 17.5. The quantitative estimate of drug-likeness (QED) is 0.349. The van der Waals surface area contributed by atoms with Gasteiger partial charge >= 0.3 is 0 Å². The maximum atomic E-state index is 6.27. The van der Waals surface area contributed by atoms with Crippen molar-refractivity contribution in [3.63, 3.8) is 0 Å². The van der Waals surface area contributed by atoms with Gasteiger partial charge in [0.2, 0.25) is 0 Å². The lowest BCUT2D eigenvalue weighted by Crippen LogP contribution is -1.98. The lowest BCUT2D eigenvalue weighted by Gasteiger charge is -2.10. The van der Waals surface area contributed by atoms with E-state index in [4.69, 9.17) is 16.3 Å². The van der Waals surface area contributed by atoms with Crippen molar-refractivity contribution in [3.8, 4) is 22.6 Å². The summed E-state index contributed by atoms with van der Waals surface area (Å²) in [4.78, 5) is 9.18. The first-order valence-electron chi connectivity index (χ1n) is 9.81. The third kappa shape index (κ3) is 3.71. The predicted octanol–water partition coefficient (Wildman–Crippen LogP) is 6.49. The van der Waals surface area contributed by atoms with Gasteiger partial charge in [0.15, 0.2) is 5.65 Å². The second-order valence-corrected chi connectivity index (χ2v) is 7.47. The number of nitrogens with one attached hydrogen (secondary N) is 1. The van der Waals surface area contributed by atoms with E-state index in [-0.39, 0.29) is 0 Å². The first kappa shape index (κ1) is 19.2. The van der Waals surface area contributed by atoms with Gasteiger partial charge in [-0.3, -0.25) is 0 Å². The molecule has 31 heavy (non-hydrogen) atoms. The van der Waals surface area contributed by atoms with Gasteiger partial charge in [-0.2, -0.15) is 0 Å². The zero-order chi connectivity index (χ0) is 21.2. The molecular formula is C25H19ClN4O. The third-order valence-electron chi connectivity index (χ3n) is 5.09. The van der Waals surface area contributed by atoms with Crippen LogP contribution in [0.2, 0.25) is 5.02 Å². The smallest absolute Gasteiger partial charge is 0.150 e. The molecule has 0 aliphatic heterocycles. The maximum absolute atomic E-state index is 6.27. The summed E-state index contributed by atoms with van der Waals surface area (Å²) in [5.41, 5.74) is 4.72. The van der Waals surface area contributed by atoms with Crippen LogP contribution >= 0.6 is 11.6 Å². The van der Waals surface area contributed by atoms with Crippen LogP contribution < -0.4 is 10.1 Å². The van der Waals surface area contributed by atoms with E-state index in [1.54, 1.807) is 13.4 Å². The number of methoxy groups -OCH3 is 1. The van der Waals surface area contributed by atoms with Crippen LogP contribution in [0, 0.1) is 0 Å². The number of anilines is 2. The molecule has 5 aromatic rings. The largest absolute Gasteiger partial charge is 0.497 e. The highest BCUT2D eigenvalue weighted by Crippen LogP contribution is 2.36. The van der Waals surface area contributed by atoms with Crippen molar-refractivity contribution in [1.82, 2.24) is 14.5 Å². The Balaban J connectivity index is 1.73. The Hall–Kier alpha value is -3.83. The minimum atomic E-state index is 0.671. The standard InChI is InChI=1S/C25H19ClN4O/c1-31-21-12-6-10-19(14-21)29-24-23-22(17-7-3-2-4-8-17)15-30(25(23)28-16-27-24)20-11-5-9-18(26)13-20/h2-16H,1H3,(H,27,28,29). The van der Waals surface area contributed by atoms with E-state index in [1.807, 2.05) is 71.3 Å². The molecule has 0 unspecified atom stereocenters. The minimum Gasteiger partial charge on any atom is -0.497 e. The number of hydrogen-bond acceptors (Lipinski definition) is 4. The number of ether oxygens (including phenoxy) is 1. The van der Waals surface area contributed by atoms with E-state index < -0.39 is 0 Å². The van der Waals surface area contributed by atoms with Gasteiger partial charge in [-0.1, -0.05) is 54.1 Å². The highest BCUT2D eigenvalue weighted by atomic mass is 35.5. The Morgan fingerprint density at radius 3 is 2.55 bits per heavy atom. The monoisotopic (exact) mass is 426 g/mol. The Morgan fingerprint density at radius 2 is 1.74 bits per heavy atom. The van der Waals surface area contributed by atoms with Gasteiger partial charge < -0.3 is 14.6 Å². The molecule has 0 saturated heterocycles. The van der Waals surface area contributed by atoms with Crippen molar-refractivity contribution in [2.45, 2.75) is 0 Å². The fourth-order valence-electron chi connectivity index (χ4n) is 3.65. The van der Waals surface area contributed by atoms with Crippen LogP contribution in [0.3, 0.4) is 0 Å². The summed E-state index contributed by atoms with van der Waals surface area (Å²) < 4.78 is 7.40. The Morgan fingerprint density at radius 1 is 0.903 bits per heavy atom. The molecule has 1 N–H and O–H groups in total. The summed E-state index contributed by atoms with van der Waals surface area (Å²) in [5, 5.41) is 5.04. The van der Waals surface area contributed by atoms with Gasteiger partial charge in [-0.15, -0.1) is 0 Å². The van der Waals surface area contributed by atoms with Crippen LogP contribution in [0.15, 0.2) is 91.4 Å². The third-order valence-corrected chi connectivity index (χ3v) is 5.32. The highest BCUT2D eigenvalue weighted by molar-refractivity contribution is 6.30. The van der Waals surface area contributed by atoms with Gasteiger partial charge in [0.05, 0.1) is 12.5 Å². The number of rotatable bonds is 5. The average Bonchev–Trinajstić information content (AvgIpc) is 3.21. The second kappa shape index (κ2) is 8.13. The number of hydrogen-bond donors (Lipinski definition) is 1. The first-order chi connectivity index (χ1) is 15.2. The summed E-state index contributed by atoms with van der Waals surface area (Å²) in [6.07, 6.45) is 3.65. The van der Waals surface area contributed by atoms with E-state index in [0.717, 1.165) is 45.1 Å². The molecule has 0 aliphatic carbocycles. The van der Waals surface area contributed by atoms with E-state index in [0.29, 0.717) is 5.02 Å². The fraction of sp³-hybridized carbons (Fsp3) is 0.0400. The Kier molecular flexibility index (Phi) is 5.02. The van der Waals surface area contributed by atoms with Crippen LogP contribution in [0.25, 0.3) is 27.8 Å². The fourth-order valence-corrected chi connectivity index (χ4v) is 3.84. The average molecular weight is 427 g/mol. The van der Waals surface area contributed by atoms with Crippen molar-refractivity contribution >= 4 is 34.1 Å². The summed E-state index contributed by atoms with van der Waals surface area (Å²) in [6.45, 7) is 0. The topological polar surface area (TPSA) is 52.0 Å². The van der Waals surface area contributed by atoms with Gasteiger partial charge in [-0.25, -0.2) is 9.97 Å². The molecule has 3 aromatic carbocycles. The van der Waals surface area contributed by atoms with E-state index in [1.165, 1.54) is 0 Å². The van der Waals surface area contributed by atoms with E-state index in [2.05, 4.69) is 33.6 Å². The molecule has 5 nitrogen and oxygen atoms in total. The number of aromatic nitrogens is 3. The summed E-state index contributed by atoms with van der Waals surface area (Å²) in [6, 6.07) is 25.7. The zero-order valence-electron chi connectivity index (χ0n) is 16.8. The van der Waals surface area contributed by atoms with Gasteiger partial charge in [0, 0.05) is 34.2 Å². The van der Waals surface area contributed by atoms with Crippen molar-refractivity contribution in [3.05, 3.63) is 96.4 Å². The molecule has 0 radical (unpaired) electrons. The molecule has 0 atom stereocenters. The minimum absolute atomic E-state index is 0.671. The van der Waals surface area contributed by atoms with E-state index in [9.17, 15) is 0 Å². The molecule has 2 aromatic heterocycles. The van der Waals surface area contributed by atoms with Crippen LogP contribution in [0.4, 0.5) is 11.5 Å². The van der Waals surface area contributed by atoms with Gasteiger partial charge in [-0.05, 0) is 35.9 Å². The number of halogens is 1. The number of benzene rings is 3. The molecule has 0 amide bonds. The SMILES string of the molecule is COc1cccc(Nc2ncnc3c2c(-c2ccccc2)cn3-c2cccc(Cl)c2)c1. The van der Waals surface area contributed by atoms with Crippen LogP contribution in [-0.4, -0.2) is 21.6 Å². The van der Waals surface area contributed by atoms with Crippen molar-refractivity contribution in [2.24, 2.45) is 0 Å². The van der Waals surface area contributed by atoms with Gasteiger partial charge in [0.25, 0.3) is 0 Å².